The highest BCUT2D eigenvalue weighted by atomic mass is 15.1. The molecule has 0 atom stereocenters. The summed E-state index contributed by atoms with van der Waals surface area (Å²) in [5, 5.41) is 9.58. The minimum absolute atomic E-state index is 0.873. The molecule has 0 aliphatic heterocycles. The van der Waals surface area contributed by atoms with Crippen LogP contribution in [0.1, 0.15) is 6.92 Å². The zero-order chi connectivity index (χ0) is 41.1. The molecule has 0 unspecified atom stereocenters. The van der Waals surface area contributed by atoms with E-state index < -0.39 is 0 Å². The molecule has 0 heterocycles. The number of anilines is 5. The summed E-state index contributed by atoms with van der Waals surface area (Å²) in [5.74, 6) is 0. The van der Waals surface area contributed by atoms with E-state index >= 15 is 0 Å². The van der Waals surface area contributed by atoms with Crippen LogP contribution in [0.15, 0.2) is 249 Å². The molecule has 0 aromatic heterocycles. The summed E-state index contributed by atoms with van der Waals surface area (Å²) in [7, 11) is 0. The van der Waals surface area contributed by atoms with Crippen LogP contribution in [-0.4, -0.2) is 0 Å². The minimum atomic E-state index is 0.873. The summed E-state index contributed by atoms with van der Waals surface area (Å²) in [4.78, 5) is 4.61. The van der Waals surface area contributed by atoms with Gasteiger partial charge >= 0.3 is 0 Å². The Morgan fingerprint density at radius 1 is 0.377 bits per heavy atom. The monoisotopic (exact) mass is 780 g/mol. The van der Waals surface area contributed by atoms with Gasteiger partial charge in [0.2, 0.25) is 0 Å². The molecule has 0 saturated heterocycles. The number of rotatable bonds is 10. The standard InChI is InChI=1S/C59H44N2/c1-3-4-8-19-42(2)60(49-24-9-5-10-25-49)52-34-36-54-56(40-52)58(47-32-30-43-20-15-17-22-45(43)38-47)55-37-35-53(61(50-26-11-6-12-27-50)51-28-13-7-14-29-51)41-57(55)59(54)48-33-31-44-21-16-18-23-46(44)39-48/h3-41H,2H2,1H3/b4-3-,19-8-. The molecule has 10 aromatic rings. The van der Waals surface area contributed by atoms with Crippen molar-refractivity contribution >= 4 is 71.5 Å². The molecule has 0 bridgehead atoms. The second-order valence-electron chi connectivity index (χ2n) is 15.4. The minimum Gasteiger partial charge on any atom is -0.311 e. The summed E-state index contributed by atoms with van der Waals surface area (Å²) >= 11 is 0. The Hall–Kier alpha value is -7.94. The quantitative estimate of drug-likeness (QED) is 0.101. The molecule has 10 rings (SSSR count). The summed E-state index contributed by atoms with van der Waals surface area (Å²) in [6.07, 6.45) is 8.21. The molecule has 0 amide bonds. The maximum absolute atomic E-state index is 4.60. The van der Waals surface area contributed by atoms with Crippen LogP contribution in [0.2, 0.25) is 0 Å². The lowest BCUT2D eigenvalue weighted by Crippen LogP contribution is -2.14. The topological polar surface area (TPSA) is 6.48 Å². The van der Waals surface area contributed by atoms with Gasteiger partial charge in [-0.3, -0.25) is 0 Å². The summed E-state index contributed by atoms with van der Waals surface area (Å²) in [5.41, 5.74) is 11.0. The summed E-state index contributed by atoms with van der Waals surface area (Å²) < 4.78 is 0. The molecule has 0 saturated carbocycles. The third-order valence-electron chi connectivity index (χ3n) is 11.6. The summed E-state index contributed by atoms with van der Waals surface area (Å²) in [6.45, 7) is 6.62. The van der Waals surface area contributed by atoms with Crippen LogP contribution in [0.25, 0.3) is 65.3 Å². The zero-order valence-electron chi connectivity index (χ0n) is 34.1. The number of allylic oxidation sites excluding steroid dienone is 4. The van der Waals surface area contributed by atoms with E-state index in [9.17, 15) is 0 Å². The number of para-hydroxylation sites is 3. The van der Waals surface area contributed by atoms with E-state index in [2.05, 4.69) is 241 Å². The molecule has 290 valence electrons. The Morgan fingerprint density at radius 3 is 1.33 bits per heavy atom. The molecule has 0 N–H and O–H groups in total. The summed E-state index contributed by atoms with van der Waals surface area (Å²) in [6, 6.07) is 77.0. The maximum Gasteiger partial charge on any atom is 0.0468 e. The fourth-order valence-electron chi connectivity index (χ4n) is 8.81. The van der Waals surface area contributed by atoms with E-state index in [0.29, 0.717) is 0 Å². The van der Waals surface area contributed by atoms with Gasteiger partial charge in [0.05, 0.1) is 0 Å². The van der Waals surface area contributed by atoms with Gasteiger partial charge in [0, 0.05) is 34.1 Å². The predicted octanol–water partition coefficient (Wildman–Crippen LogP) is 16.9. The van der Waals surface area contributed by atoms with Gasteiger partial charge in [0.15, 0.2) is 0 Å². The fourth-order valence-corrected chi connectivity index (χ4v) is 8.81. The molecule has 10 aromatic carbocycles. The molecule has 61 heavy (non-hydrogen) atoms. The molecule has 2 heteroatoms. The number of nitrogens with zero attached hydrogens (tertiary/aromatic N) is 2. The highest BCUT2D eigenvalue weighted by molar-refractivity contribution is 6.23. The molecule has 0 aliphatic carbocycles. The number of hydrogen-bond donors (Lipinski definition) is 0. The van der Waals surface area contributed by atoms with Crippen LogP contribution in [0.3, 0.4) is 0 Å². The van der Waals surface area contributed by atoms with Crippen molar-refractivity contribution in [3.8, 4) is 22.3 Å². The average molecular weight is 781 g/mol. The number of hydrogen-bond acceptors (Lipinski definition) is 2. The second kappa shape index (κ2) is 16.4. The lowest BCUT2D eigenvalue weighted by atomic mass is 9.84. The van der Waals surface area contributed by atoms with Gasteiger partial charge in [-0.2, -0.15) is 0 Å². The van der Waals surface area contributed by atoms with Gasteiger partial charge in [-0.25, -0.2) is 0 Å². The van der Waals surface area contributed by atoms with Crippen LogP contribution in [-0.2, 0) is 0 Å². The molecule has 0 radical (unpaired) electrons. The molecular formula is C59H44N2. The van der Waals surface area contributed by atoms with Crippen LogP contribution in [0.4, 0.5) is 28.4 Å². The third-order valence-corrected chi connectivity index (χ3v) is 11.6. The molecule has 0 fully saturated rings. The average Bonchev–Trinajstić information content (AvgIpc) is 3.32. The Balaban J connectivity index is 1.32. The maximum atomic E-state index is 4.60. The van der Waals surface area contributed by atoms with Crippen molar-refractivity contribution in [2.45, 2.75) is 6.92 Å². The van der Waals surface area contributed by atoms with Gasteiger partial charge in [-0.05, 0) is 151 Å². The Labute approximate surface area is 357 Å². The Bertz CT molecular complexity index is 3230. The van der Waals surface area contributed by atoms with Crippen molar-refractivity contribution < 1.29 is 0 Å². The van der Waals surface area contributed by atoms with Gasteiger partial charge in [0.25, 0.3) is 0 Å². The molecule has 0 spiro atoms. The van der Waals surface area contributed by atoms with E-state index in [4.69, 9.17) is 0 Å². The van der Waals surface area contributed by atoms with Gasteiger partial charge in [-0.15, -0.1) is 0 Å². The van der Waals surface area contributed by atoms with Crippen LogP contribution in [0.5, 0.6) is 0 Å². The van der Waals surface area contributed by atoms with Gasteiger partial charge < -0.3 is 9.80 Å². The van der Waals surface area contributed by atoms with Crippen LogP contribution in [0, 0.1) is 0 Å². The van der Waals surface area contributed by atoms with Crippen molar-refractivity contribution in [2.24, 2.45) is 0 Å². The molecular weight excluding hydrogens is 737 g/mol. The molecule has 2 nitrogen and oxygen atoms in total. The van der Waals surface area contributed by atoms with Gasteiger partial charge in [-0.1, -0.05) is 164 Å². The number of benzene rings is 10. The number of fused-ring (bicyclic) bond motifs is 4. The predicted molar refractivity (Wildman–Crippen MR) is 264 cm³/mol. The first kappa shape index (κ1) is 37.3. The Kier molecular flexibility index (Phi) is 10.0. The lowest BCUT2D eigenvalue weighted by molar-refractivity contribution is 1.22. The molecule has 0 aliphatic rings. The van der Waals surface area contributed by atoms with Crippen molar-refractivity contribution in [3.63, 3.8) is 0 Å². The second-order valence-corrected chi connectivity index (χ2v) is 15.4. The van der Waals surface area contributed by atoms with Gasteiger partial charge in [0.1, 0.15) is 0 Å². The normalized spacial score (nSPS) is 11.6. The van der Waals surface area contributed by atoms with Crippen molar-refractivity contribution in [3.05, 3.63) is 249 Å². The first-order valence-electron chi connectivity index (χ1n) is 20.9. The van der Waals surface area contributed by atoms with Crippen molar-refractivity contribution in [1.82, 2.24) is 0 Å². The van der Waals surface area contributed by atoms with Crippen LogP contribution < -0.4 is 9.80 Å². The first-order chi connectivity index (χ1) is 30.1. The van der Waals surface area contributed by atoms with E-state index in [1.807, 2.05) is 19.1 Å². The fraction of sp³-hybridized carbons (Fsp3) is 0.0169. The van der Waals surface area contributed by atoms with E-state index in [-0.39, 0.29) is 0 Å². The highest BCUT2D eigenvalue weighted by Gasteiger charge is 2.22. The first-order valence-corrected chi connectivity index (χ1v) is 20.9. The lowest BCUT2D eigenvalue weighted by Gasteiger charge is -2.28. The highest BCUT2D eigenvalue weighted by Crippen LogP contribution is 2.48. The van der Waals surface area contributed by atoms with Crippen LogP contribution >= 0.6 is 0 Å². The third kappa shape index (κ3) is 7.15. The zero-order valence-corrected chi connectivity index (χ0v) is 34.1. The largest absolute Gasteiger partial charge is 0.311 e. The van der Waals surface area contributed by atoms with E-state index in [1.54, 1.807) is 0 Å². The van der Waals surface area contributed by atoms with Crippen molar-refractivity contribution in [2.75, 3.05) is 9.80 Å². The SMILES string of the molecule is C=C(/C=C\C=C/C)N(c1ccccc1)c1ccc2c(-c3ccc4ccccc4c3)c3cc(N(c4ccccc4)c4ccccc4)ccc3c(-c3ccc4ccccc4c3)c2c1. The van der Waals surface area contributed by atoms with E-state index in [0.717, 1.165) is 34.1 Å². The smallest absolute Gasteiger partial charge is 0.0468 e. The van der Waals surface area contributed by atoms with Crippen molar-refractivity contribution in [1.29, 1.82) is 0 Å². The van der Waals surface area contributed by atoms with E-state index in [1.165, 1.54) is 65.3 Å². The Morgan fingerprint density at radius 2 is 0.820 bits per heavy atom.